The van der Waals surface area contributed by atoms with E-state index in [1.54, 1.807) is 13.1 Å². The lowest BCUT2D eigenvalue weighted by molar-refractivity contribution is -0.142. The van der Waals surface area contributed by atoms with Crippen LogP contribution in [0.15, 0.2) is 30.3 Å². The summed E-state index contributed by atoms with van der Waals surface area (Å²) in [6, 6.07) is 8.41. The largest absolute Gasteiger partial charge is 0.359 e. The zero-order valence-corrected chi connectivity index (χ0v) is 19.5. The molecule has 174 valence electrons. The van der Waals surface area contributed by atoms with Crippen LogP contribution in [0.5, 0.6) is 0 Å². The monoisotopic (exact) mass is 463 g/mol. The van der Waals surface area contributed by atoms with Crippen LogP contribution < -0.4 is 10.7 Å². The third-order valence-electron chi connectivity index (χ3n) is 5.05. The molecule has 0 aliphatic heterocycles. The molecule has 0 bridgehead atoms. The van der Waals surface area contributed by atoms with Gasteiger partial charge in [0.2, 0.25) is 5.91 Å². The number of nitrogens with one attached hydrogen (secondary N) is 3. The van der Waals surface area contributed by atoms with Crippen LogP contribution in [0.4, 0.5) is 0 Å². The van der Waals surface area contributed by atoms with Crippen molar-refractivity contribution < 1.29 is 19.2 Å². The zero-order chi connectivity index (χ0) is 23.8. The van der Waals surface area contributed by atoms with Crippen LogP contribution in [0.1, 0.15) is 37.2 Å². The van der Waals surface area contributed by atoms with Gasteiger partial charge < -0.3 is 15.2 Å². The summed E-state index contributed by atoms with van der Waals surface area (Å²) >= 11 is 5.66. The number of carbonyl (C=O) groups excluding carboxylic acids is 4. The van der Waals surface area contributed by atoms with Crippen molar-refractivity contribution in [2.24, 2.45) is 5.92 Å². The van der Waals surface area contributed by atoms with Crippen molar-refractivity contribution in [1.82, 2.24) is 25.6 Å². The van der Waals surface area contributed by atoms with E-state index in [0.717, 1.165) is 15.9 Å². The Balaban J connectivity index is 2.21. The highest BCUT2D eigenvalue weighted by molar-refractivity contribution is 6.27. The predicted octanol–water partition coefficient (Wildman–Crippen LogP) is 1.89. The molecule has 1 aromatic heterocycles. The highest BCUT2D eigenvalue weighted by Gasteiger charge is 2.31. The second-order valence-electron chi connectivity index (χ2n) is 7.91. The summed E-state index contributed by atoms with van der Waals surface area (Å²) in [5, 5.41) is 4.38. The van der Waals surface area contributed by atoms with E-state index in [4.69, 9.17) is 11.6 Å². The van der Waals surface area contributed by atoms with E-state index in [1.807, 2.05) is 38.1 Å². The average Bonchev–Trinajstić information content (AvgIpc) is 3.22. The first-order chi connectivity index (χ1) is 15.2. The van der Waals surface area contributed by atoms with Crippen LogP contribution in [0.2, 0.25) is 0 Å². The molecule has 2 aromatic rings. The number of likely N-dealkylation sites (N-methyl/N-ethyl adjacent to an activating group) is 1. The van der Waals surface area contributed by atoms with Gasteiger partial charge in [0.1, 0.15) is 17.6 Å². The summed E-state index contributed by atoms with van der Waals surface area (Å²) in [5.74, 6) is -1.95. The number of halogens is 1. The van der Waals surface area contributed by atoms with Crippen LogP contribution in [0, 0.1) is 5.92 Å². The van der Waals surface area contributed by atoms with Crippen molar-refractivity contribution in [1.29, 1.82) is 0 Å². The quantitative estimate of drug-likeness (QED) is 0.389. The third-order valence-corrected chi connectivity index (χ3v) is 5.28. The summed E-state index contributed by atoms with van der Waals surface area (Å²) in [6.45, 7) is 3.84. The second-order valence-corrected chi connectivity index (χ2v) is 8.18. The molecule has 1 unspecified atom stereocenters. The zero-order valence-electron chi connectivity index (χ0n) is 18.8. The van der Waals surface area contributed by atoms with Gasteiger partial charge in [0, 0.05) is 31.4 Å². The molecule has 0 saturated carbocycles. The van der Waals surface area contributed by atoms with Crippen LogP contribution in [-0.2, 0) is 14.4 Å². The number of hydrazine groups is 1. The van der Waals surface area contributed by atoms with Crippen molar-refractivity contribution >= 4 is 46.1 Å². The summed E-state index contributed by atoms with van der Waals surface area (Å²) in [7, 11) is 3.04. The van der Waals surface area contributed by atoms with Crippen LogP contribution in [0.25, 0.3) is 10.9 Å². The van der Waals surface area contributed by atoms with Crippen molar-refractivity contribution in [3.05, 3.63) is 36.0 Å². The van der Waals surface area contributed by atoms with Gasteiger partial charge in [-0.15, -0.1) is 11.6 Å². The van der Waals surface area contributed by atoms with E-state index >= 15 is 0 Å². The first-order valence-corrected chi connectivity index (χ1v) is 10.9. The van der Waals surface area contributed by atoms with E-state index in [1.165, 1.54) is 11.9 Å². The molecule has 3 N–H and O–H groups in total. The molecule has 1 atom stereocenters. The van der Waals surface area contributed by atoms with Crippen molar-refractivity contribution in [3.8, 4) is 0 Å². The Labute approximate surface area is 192 Å². The highest BCUT2D eigenvalue weighted by Crippen LogP contribution is 2.18. The smallest absolute Gasteiger partial charge is 0.270 e. The van der Waals surface area contributed by atoms with Crippen molar-refractivity contribution in [2.45, 2.75) is 32.7 Å². The molecule has 32 heavy (non-hydrogen) atoms. The summed E-state index contributed by atoms with van der Waals surface area (Å²) in [4.78, 5) is 54.4. The third kappa shape index (κ3) is 6.46. The Kier molecular flexibility index (Phi) is 9.07. The summed E-state index contributed by atoms with van der Waals surface area (Å²) < 4.78 is 0. The molecule has 10 heteroatoms. The number of H-pyrrole nitrogens is 1. The highest BCUT2D eigenvalue weighted by atomic mass is 35.5. The van der Waals surface area contributed by atoms with Gasteiger partial charge in [-0.3, -0.25) is 29.6 Å². The van der Waals surface area contributed by atoms with Gasteiger partial charge in [-0.1, -0.05) is 32.0 Å². The van der Waals surface area contributed by atoms with Gasteiger partial charge in [0.25, 0.3) is 17.7 Å². The van der Waals surface area contributed by atoms with E-state index in [0.29, 0.717) is 12.1 Å². The van der Waals surface area contributed by atoms with Gasteiger partial charge in [-0.05, 0) is 24.5 Å². The molecular weight excluding hydrogens is 434 g/mol. The first-order valence-electron chi connectivity index (χ1n) is 10.4. The topological polar surface area (TPSA) is 115 Å². The number of rotatable bonds is 9. The number of hydrogen-bond donors (Lipinski definition) is 3. The van der Waals surface area contributed by atoms with E-state index in [2.05, 4.69) is 15.7 Å². The molecular formula is C22H30ClN5O4. The fourth-order valence-corrected chi connectivity index (χ4v) is 3.41. The van der Waals surface area contributed by atoms with Crippen molar-refractivity contribution in [2.75, 3.05) is 26.5 Å². The minimum Gasteiger partial charge on any atom is -0.359 e. The Bertz CT molecular complexity index is 941. The molecule has 0 saturated heterocycles. The number of aromatic amines is 1. The van der Waals surface area contributed by atoms with Gasteiger partial charge in [-0.25, -0.2) is 0 Å². The average molecular weight is 464 g/mol. The van der Waals surface area contributed by atoms with Crippen LogP contribution >= 0.6 is 11.6 Å². The number of alkyl halides is 1. The Morgan fingerprint density at radius 3 is 2.44 bits per heavy atom. The number of para-hydroxylation sites is 1. The number of fused-ring (bicyclic) bond motifs is 1. The predicted molar refractivity (Wildman–Crippen MR) is 123 cm³/mol. The van der Waals surface area contributed by atoms with Gasteiger partial charge >= 0.3 is 0 Å². The lowest BCUT2D eigenvalue weighted by Gasteiger charge is -2.31. The normalized spacial score (nSPS) is 11.8. The molecule has 0 aliphatic rings. The maximum absolute atomic E-state index is 13.1. The molecule has 0 spiro atoms. The molecule has 0 fully saturated rings. The van der Waals surface area contributed by atoms with E-state index < -0.39 is 17.9 Å². The molecule has 0 aliphatic carbocycles. The maximum Gasteiger partial charge on any atom is 0.270 e. The fourth-order valence-electron chi connectivity index (χ4n) is 3.27. The van der Waals surface area contributed by atoms with Crippen molar-refractivity contribution in [3.63, 3.8) is 0 Å². The van der Waals surface area contributed by atoms with E-state index in [-0.39, 0.29) is 36.6 Å². The van der Waals surface area contributed by atoms with Crippen LogP contribution in [-0.4, -0.2) is 71.1 Å². The fraction of sp³-hybridized carbons (Fsp3) is 0.455. The minimum absolute atomic E-state index is 0.00189. The molecule has 1 aromatic carbocycles. The molecule has 4 amide bonds. The van der Waals surface area contributed by atoms with Crippen LogP contribution in [0.3, 0.4) is 0 Å². The van der Waals surface area contributed by atoms with E-state index in [9.17, 15) is 19.2 Å². The van der Waals surface area contributed by atoms with Gasteiger partial charge in [0.15, 0.2) is 0 Å². The lowest BCUT2D eigenvalue weighted by Crippen LogP contribution is -2.55. The molecule has 0 radical (unpaired) electrons. The molecule has 9 nitrogen and oxygen atoms in total. The second kappa shape index (κ2) is 11.5. The Morgan fingerprint density at radius 2 is 1.84 bits per heavy atom. The number of benzene rings is 1. The SMILES string of the molecule is CNC(=O)CCN(NC(=O)C(CC(C)C)N(C)C(=O)c1cc2ccccc2[nH]1)C(=O)CCl. The number of carbonyl (C=O) groups is 4. The molecule has 2 rings (SSSR count). The van der Waals surface area contributed by atoms with Gasteiger partial charge in [-0.2, -0.15) is 0 Å². The summed E-state index contributed by atoms with van der Waals surface area (Å²) in [6.07, 6.45) is 0.380. The van der Waals surface area contributed by atoms with Gasteiger partial charge in [0.05, 0.1) is 6.54 Å². The maximum atomic E-state index is 13.1. The first kappa shape index (κ1) is 25.2. The standard InChI is InChI=1S/C22H30ClN5O4/c1-14(2)11-18(21(31)26-28(20(30)13-23)10-9-19(29)24-3)27(4)22(32)17-12-15-7-5-6-8-16(15)25-17/h5-8,12,14,18,25H,9-11,13H2,1-4H3,(H,24,29)(H,26,31). The number of hydrogen-bond acceptors (Lipinski definition) is 4. The molecule has 1 heterocycles. The Morgan fingerprint density at radius 1 is 1.16 bits per heavy atom. The lowest BCUT2D eigenvalue weighted by atomic mass is 10.0. The summed E-state index contributed by atoms with van der Waals surface area (Å²) in [5.41, 5.74) is 3.73. The number of aromatic nitrogens is 1. The number of nitrogens with zero attached hydrogens (tertiary/aromatic N) is 2. The Hall–Kier alpha value is -3.07. The minimum atomic E-state index is -0.834. The number of amides is 4.